The van der Waals surface area contributed by atoms with Crippen molar-refractivity contribution in [3.8, 4) is 5.75 Å². The normalized spacial score (nSPS) is 12.2. The molecule has 0 fully saturated rings. The maximum atomic E-state index is 13.1. The van der Waals surface area contributed by atoms with E-state index >= 15 is 0 Å². The first kappa shape index (κ1) is 15.8. The van der Waals surface area contributed by atoms with Gasteiger partial charge in [0.2, 0.25) is 0 Å². The number of nitrogens with one attached hydrogen (secondary N) is 1. The van der Waals surface area contributed by atoms with Gasteiger partial charge in [0.25, 0.3) is 0 Å². The van der Waals surface area contributed by atoms with Gasteiger partial charge >= 0.3 is 0 Å². The van der Waals surface area contributed by atoms with Gasteiger partial charge in [0.1, 0.15) is 18.2 Å². The van der Waals surface area contributed by atoms with Crippen LogP contribution >= 0.6 is 11.6 Å². The van der Waals surface area contributed by atoms with Crippen LogP contribution in [-0.4, -0.2) is 13.1 Å². The average molecular weight is 308 g/mol. The summed E-state index contributed by atoms with van der Waals surface area (Å²) in [7, 11) is 1.95. The summed E-state index contributed by atoms with van der Waals surface area (Å²) in [5.74, 6) is 0.375. The largest absolute Gasteiger partial charge is 0.489 e. The molecule has 2 aromatic rings. The van der Waals surface area contributed by atoms with Crippen LogP contribution in [0.4, 0.5) is 4.39 Å². The summed E-state index contributed by atoms with van der Waals surface area (Å²) in [6, 6.07) is 13.1. The molecule has 1 unspecified atom stereocenters. The van der Waals surface area contributed by atoms with Crippen molar-refractivity contribution in [2.24, 2.45) is 0 Å². The van der Waals surface area contributed by atoms with E-state index in [1.807, 2.05) is 19.2 Å². The molecular weight excluding hydrogens is 289 g/mol. The van der Waals surface area contributed by atoms with Gasteiger partial charge in [-0.05, 0) is 55.8 Å². The quantitative estimate of drug-likeness (QED) is 0.863. The van der Waals surface area contributed by atoms with E-state index in [1.165, 1.54) is 11.6 Å². The molecule has 2 aromatic carbocycles. The maximum Gasteiger partial charge on any atom is 0.141 e. The van der Waals surface area contributed by atoms with E-state index in [0.29, 0.717) is 12.6 Å². The Balaban J connectivity index is 1.92. The van der Waals surface area contributed by atoms with Gasteiger partial charge in [0, 0.05) is 6.04 Å². The lowest BCUT2D eigenvalue weighted by Crippen LogP contribution is -2.23. The van der Waals surface area contributed by atoms with Gasteiger partial charge in [0.15, 0.2) is 0 Å². The first-order valence-electron chi connectivity index (χ1n) is 6.91. The summed E-state index contributed by atoms with van der Waals surface area (Å²) < 4.78 is 18.7. The van der Waals surface area contributed by atoms with Crippen molar-refractivity contribution in [1.82, 2.24) is 5.32 Å². The molecule has 1 atom stereocenters. The number of ether oxygens (including phenoxy) is 1. The minimum Gasteiger partial charge on any atom is -0.489 e. The molecule has 21 heavy (non-hydrogen) atoms. The second-order valence-electron chi connectivity index (χ2n) is 5.07. The fraction of sp³-hybridized carbons (Fsp3) is 0.294. The Morgan fingerprint density at radius 1 is 1.14 bits per heavy atom. The molecule has 0 radical (unpaired) electrons. The molecule has 4 heteroatoms. The Morgan fingerprint density at radius 2 is 1.81 bits per heavy atom. The minimum absolute atomic E-state index is 0.118. The number of likely N-dealkylation sites (N-methyl/N-ethyl adjacent to an activating group) is 1. The van der Waals surface area contributed by atoms with Gasteiger partial charge in [-0.2, -0.15) is 0 Å². The van der Waals surface area contributed by atoms with Crippen molar-refractivity contribution in [3.05, 3.63) is 64.4 Å². The molecule has 0 amide bonds. The Labute approximate surface area is 129 Å². The van der Waals surface area contributed by atoms with Crippen molar-refractivity contribution in [3.63, 3.8) is 0 Å². The number of benzene rings is 2. The van der Waals surface area contributed by atoms with Crippen molar-refractivity contribution in [1.29, 1.82) is 0 Å². The molecule has 0 aliphatic rings. The summed E-state index contributed by atoms with van der Waals surface area (Å²) in [6.45, 7) is 2.51. The van der Waals surface area contributed by atoms with Crippen molar-refractivity contribution >= 4 is 11.6 Å². The molecule has 0 bridgehead atoms. The molecular formula is C17H19ClFNO. The zero-order valence-electron chi connectivity index (χ0n) is 12.2. The van der Waals surface area contributed by atoms with Crippen LogP contribution in [0.5, 0.6) is 5.75 Å². The smallest absolute Gasteiger partial charge is 0.141 e. The van der Waals surface area contributed by atoms with Gasteiger partial charge in [-0.3, -0.25) is 0 Å². The summed E-state index contributed by atoms with van der Waals surface area (Å²) in [6.07, 6.45) is 0.977. The molecule has 0 aliphatic carbocycles. The topological polar surface area (TPSA) is 21.3 Å². The van der Waals surface area contributed by atoms with E-state index in [2.05, 4.69) is 24.4 Å². The first-order chi connectivity index (χ1) is 10.1. The monoisotopic (exact) mass is 307 g/mol. The van der Waals surface area contributed by atoms with Crippen molar-refractivity contribution in [2.75, 3.05) is 7.05 Å². The molecule has 2 nitrogen and oxygen atoms in total. The second kappa shape index (κ2) is 7.43. The number of hydrogen-bond donors (Lipinski definition) is 1. The molecule has 1 N–H and O–H groups in total. The van der Waals surface area contributed by atoms with E-state index in [-0.39, 0.29) is 5.02 Å². The molecule has 112 valence electrons. The predicted octanol–water partition coefficient (Wildman–Crippen LogP) is 4.21. The van der Waals surface area contributed by atoms with Gasteiger partial charge in [0.05, 0.1) is 5.02 Å². The van der Waals surface area contributed by atoms with Gasteiger partial charge in [-0.25, -0.2) is 4.39 Å². The minimum atomic E-state index is -0.413. The molecule has 2 rings (SSSR count). The van der Waals surface area contributed by atoms with Crippen LogP contribution in [0.15, 0.2) is 42.5 Å². The fourth-order valence-electron chi connectivity index (χ4n) is 1.97. The van der Waals surface area contributed by atoms with E-state index in [9.17, 15) is 4.39 Å². The number of halogens is 2. The molecule has 0 aromatic heterocycles. The van der Waals surface area contributed by atoms with Gasteiger partial charge < -0.3 is 10.1 Å². The van der Waals surface area contributed by atoms with Crippen molar-refractivity contribution < 1.29 is 9.13 Å². The second-order valence-corrected chi connectivity index (χ2v) is 5.48. The lowest BCUT2D eigenvalue weighted by Gasteiger charge is -2.11. The Hall–Kier alpha value is -1.58. The summed E-state index contributed by atoms with van der Waals surface area (Å²) >= 11 is 5.74. The number of rotatable bonds is 6. The van der Waals surface area contributed by atoms with E-state index in [4.69, 9.17) is 16.3 Å². The average Bonchev–Trinajstić information content (AvgIpc) is 2.50. The van der Waals surface area contributed by atoms with E-state index < -0.39 is 5.82 Å². The summed E-state index contributed by atoms with van der Waals surface area (Å²) in [4.78, 5) is 0. The lowest BCUT2D eigenvalue weighted by molar-refractivity contribution is 0.306. The van der Waals surface area contributed by atoms with Crippen LogP contribution in [0.2, 0.25) is 5.02 Å². The van der Waals surface area contributed by atoms with Crippen LogP contribution in [0.3, 0.4) is 0 Å². The van der Waals surface area contributed by atoms with E-state index in [0.717, 1.165) is 17.7 Å². The Bertz CT molecular complexity index is 586. The van der Waals surface area contributed by atoms with E-state index in [1.54, 1.807) is 12.1 Å². The third kappa shape index (κ3) is 4.73. The lowest BCUT2D eigenvalue weighted by atomic mass is 10.1. The zero-order chi connectivity index (χ0) is 15.2. The zero-order valence-corrected chi connectivity index (χ0v) is 13.0. The standard InChI is InChI=1S/C17H19ClFNO/c1-12(20-2)9-13-3-6-15(7-4-13)21-11-14-5-8-17(19)16(18)10-14/h3-8,10,12,20H,9,11H2,1-2H3. The predicted molar refractivity (Wildman–Crippen MR) is 84.4 cm³/mol. The molecule has 0 heterocycles. The highest BCUT2D eigenvalue weighted by Crippen LogP contribution is 2.19. The fourth-order valence-corrected chi connectivity index (χ4v) is 2.18. The van der Waals surface area contributed by atoms with Crippen LogP contribution in [0.25, 0.3) is 0 Å². The third-order valence-electron chi connectivity index (χ3n) is 3.35. The summed E-state index contributed by atoms with van der Waals surface area (Å²) in [5.41, 5.74) is 2.10. The highest BCUT2D eigenvalue weighted by atomic mass is 35.5. The molecule has 0 saturated carbocycles. The Morgan fingerprint density at radius 3 is 2.43 bits per heavy atom. The summed E-state index contributed by atoms with van der Waals surface area (Å²) in [5, 5.41) is 3.33. The van der Waals surface area contributed by atoms with Crippen LogP contribution in [-0.2, 0) is 13.0 Å². The third-order valence-corrected chi connectivity index (χ3v) is 3.64. The van der Waals surface area contributed by atoms with Crippen molar-refractivity contribution in [2.45, 2.75) is 26.0 Å². The molecule has 0 aliphatic heterocycles. The van der Waals surface area contributed by atoms with Crippen LogP contribution in [0.1, 0.15) is 18.1 Å². The number of hydrogen-bond acceptors (Lipinski definition) is 2. The Kier molecular flexibility index (Phi) is 5.59. The van der Waals surface area contributed by atoms with Crippen LogP contribution < -0.4 is 10.1 Å². The first-order valence-corrected chi connectivity index (χ1v) is 7.29. The highest BCUT2D eigenvalue weighted by Gasteiger charge is 2.03. The molecule has 0 saturated heterocycles. The SMILES string of the molecule is CNC(C)Cc1ccc(OCc2ccc(F)c(Cl)c2)cc1. The highest BCUT2D eigenvalue weighted by molar-refractivity contribution is 6.30. The molecule has 0 spiro atoms. The maximum absolute atomic E-state index is 13.1. The van der Waals surface area contributed by atoms with Crippen LogP contribution in [0, 0.1) is 5.82 Å². The van der Waals surface area contributed by atoms with Gasteiger partial charge in [-0.15, -0.1) is 0 Å². The van der Waals surface area contributed by atoms with Gasteiger partial charge in [-0.1, -0.05) is 29.8 Å².